The molecule has 2 aromatic carbocycles. The molecule has 0 atom stereocenters. The quantitative estimate of drug-likeness (QED) is 0.499. The molecule has 0 aliphatic carbocycles. The van der Waals surface area contributed by atoms with Crippen LogP contribution in [-0.2, 0) is 11.0 Å². The lowest BCUT2D eigenvalue weighted by Crippen LogP contribution is -2.09. The minimum Gasteiger partial charge on any atom is -0.478 e. The summed E-state index contributed by atoms with van der Waals surface area (Å²) in [5.74, 6) is -0.607. The first kappa shape index (κ1) is 21.3. The summed E-state index contributed by atoms with van der Waals surface area (Å²) in [6.45, 7) is 1.89. The van der Waals surface area contributed by atoms with Gasteiger partial charge >= 0.3 is 12.1 Å². The van der Waals surface area contributed by atoms with Crippen molar-refractivity contribution in [3.8, 4) is 0 Å². The molecule has 26 heavy (non-hydrogen) atoms. The second kappa shape index (κ2) is 9.67. The Morgan fingerprint density at radius 3 is 2.31 bits per heavy atom. The molecule has 140 valence electrons. The molecule has 0 radical (unpaired) electrons. The Morgan fingerprint density at radius 2 is 1.77 bits per heavy atom. The van der Waals surface area contributed by atoms with Gasteiger partial charge in [-0.1, -0.05) is 19.1 Å². The molecule has 0 fully saturated rings. The van der Waals surface area contributed by atoms with E-state index < -0.39 is 17.7 Å². The number of alkyl halides is 4. The normalized spacial score (nSPS) is 10.3. The third-order valence-corrected chi connectivity index (χ3v) is 2.96. The van der Waals surface area contributed by atoms with Crippen molar-refractivity contribution in [3.05, 3.63) is 53.6 Å². The molecule has 5 nitrogen and oxygen atoms in total. The second-order valence-electron chi connectivity index (χ2n) is 4.77. The average molecular weight is 389 g/mol. The first-order valence-corrected chi connectivity index (χ1v) is 7.84. The number of carbonyl (C=O) groups excluding carboxylic acids is 1. The van der Waals surface area contributed by atoms with Gasteiger partial charge in [0.2, 0.25) is 6.41 Å². The number of amides is 1. The van der Waals surface area contributed by atoms with Crippen molar-refractivity contribution < 1.29 is 27.9 Å². The predicted molar refractivity (Wildman–Crippen MR) is 94.2 cm³/mol. The highest BCUT2D eigenvalue weighted by Gasteiger charge is 2.30. The maximum absolute atomic E-state index is 12.7. The standard InChI is InChI=1S/C15H11F3N2O3.C2H5Cl/c16-15(17,18)9-3-1-4-10(7-9)20-12-6-2-5-11(19-8-21)13(12)14(22)23;1-2-3/h1-8,20H,(H,19,21)(H,22,23);2H2,1H3. The summed E-state index contributed by atoms with van der Waals surface area (Å²) < 4.78 is 38.1. The van der Waals surface area contributed by atoms with Crippen LogP contribution in [0.1, 0.15) is 22.8 Å². The number of carbonyl (C=O) groups is 2. The van der Waals surface area contributed by atoms with Gasteiger partial charge in [-0.05, 0) is 30.3 Å². The average Bonchev–Trinajstić information content (AvgIpc) is 2.55. The minimum absolute atomic E-state index is 0.0319. The van der Waals surface area contributed by atoms with Crippen molar-refractivity contribution in [3.63, 3.8) is 0 Å². The fourth-order valence-electron chi connectivity index (χ4n) is 2.00. The van der Waals surface area contributed by atoms with Gasteiger partial charge < -0.3 is 15.7 Å². The summed E-state index contributed by atoms with van der Waals surface area (Å²) >= 11 is 5.00. The summed E-state index contributed by atoms with van der Waals surface area (Å²) in [4.78, 5) is 21.9. The van der Waals surface area contributed by atoms with Crippen LogP contribution in [0.4, 0.5) is 30.2 Å². The SMILES string of the molecule is CCCl.O=CNc1cccc(Nc2cccc(C(F)(F)F)c2)c1C(=O)O. The van der Waals surface area contributed by atoms with Gasteiger partial charge in [-0.3, -0.25) is 4.79 Å². The van der Waals surface area contributed by atoms with E-state index in [1.807, 2.05) is 6.92 Å². The van der Waals surface area contributed by atoms with Gasteiger partial charge in [-0.25, -0.2) is 4.79 Å². The fourth-order valence-corrected chi connectivity index (χ4v) is 2.00. The number of anilines is 3. The third kappa shape index (κ3) is 5.96. The summed E-state index contributed by atoms with van der Waals surface area (Å²) in [5.41, 5.74) is -0.947. The van der Waals surface area contributed by atoms with Gasteiger partial charge in [0.05, 0.1) is 16.9 Å². The molecule has 0 aliphatic rings. The van der Waals surface area contributed by atoms with E-state index in [-0.39, 0.29) is 22.6 Å². The van der Waals surface area contributed by atoms with Crippen LogP contribution < -0.4 is 10.6 Å². The van der Waals surface area contributed by atoms with Gasteiger partial charge in [0.1, 0.15) is 5.56 Å². The molecule has 2 aromatic rings. The molecular weight excluding hydrogens is 373 g/mol. The molecule has 0 saturated carbocycles. The number of hydrogen-bond acceptors (Lipinski definition) is 3. The van der Waals surface area contributed by atoms with E-state index in [4.69, 9.17) is 11.6 Å². The Kier molecular flexibility index (Phi) is 7.92. The monoisotopic (exact) mass is 388 g/mol. The highest BCUT2D eigenvalue weighted by molar-refractivity contribution is 6.17. The summed E-state index contributed by atoms with van der Waals surface area (Å²) in [6, 6.07) is 8.59. The summed E-state index contributed by atoms with van der Waals surface area (Å²) in [6.07, 6.45) is -4.19. The van der Waals surface area contributed by atoms with E-state index in [1.54, 1.807) is 0 Å². The van der Waals surface area contributed by atoms with Gasteiger partial charge in [-0.2, -0.15) is 13.2 Å². The molecule has 0 heterocycles. The van der Waals surface area contributed by atoms with Crippen molar-refractivity contribution in [1.29, 1.82) is 0 Å². The molecule has 2 rings (SSSR count). The number of aromatic carboxylic acids is 1. The van der Waals surface area contributed by atoms with E-state index >= 15 is 0 Å². The smallest absolute Gasteiger partial charge is 0.416 e. The van der Waals surface area contributed by atoms with Crippen LogP contribution in [0.5, 0.6) is 0 Å². The topological polar surface area (TPSA) is 78.4 Å². The van der Waals surface area contributed by atoms with E-state index in [0.717, 1.165) is 18.0 Å². The zero-order chi connectivity index (χ0) is 19.7. The molecular formula is C17H16ClF3N2O3. The minimum atomic E-state index is -4.51. The Bertz CT molecular complexity index is 767. The van der Waals surface area contributed by atoms with E-state index in [0.29, 0.717) is 6.41 Å². The van der Waals surface area contributed by atoms with Crippen molar-refractivity contribution in [2.45, 2.75) is 13.1 Å². The number of halogens is 4. The Morgan fingerprint density at radius 1 is 1.19 bits per heavy atom. The van der Waals surface area contributed by atoms with Crippen molar-refractivity contribution >= 4 is 41.0 Å². The molecule has 9 heteroatoms. The third-order valence-electron chi connectivity index (χ3n) is 2.96. The fraction of sp³-hybridized carbons (Fsp3) is 0.176. The van der Waals surface area contributed by atoms with Gasteiger partial charge in [0.25, 0.3) is 0 Å². The number of rotatable bonds is 5. The van der Waals surface area contributed by atoms with E-state index in [9.17, 15) is 27.9 Å². The Balaban J connectivity index is 0.00000105. The lowest BCUT2D eigenvalue weighted by molar-refractivity contribution is -0.137. The van der Waals surface area contributed by atoms with Crippen LogP contribution in [-0.4, -0.2) is 23.4 Å². The van der Waals surface area contributed by atoms with Crippen LogP contribution in [0, 0.1) is 0 Å². The van der Waals surface area contributed by atoms with Crippen molar-refractivity contribution in [1.82, 2.24) is 0 Å². The summed E-state index contributed by atoms with van der Waals surface area (Å²) in [5, 5.41) is 14.1. The molecule has 1 amide bonds. The zero-order valence-electron chi connectivity index (χ0n) is 13.6. The number of carboxylic acids is 1. The van der Waals surface area contributed by atoms with Crippen LogP contribution in [0.2, 0.25) is 0 Å². The Labute approximate surface area is 152 Å². The molecule has 0 aliphatic heterocycles. The van der Waals surface area contributed by atoms with Gasteiger partial charge in [0.15, 0.2) is 0 Å². The van der Waals surface area contributed by atoms with Crippen LogP contribution in [0.25, 0.3) is 0 Å². The number of carboxylic acid groups (broad SMARTS) is 1. The van der Waals surface area contributed by atoms with Crippen molar-refractivity contribution in [2.75, 3.05) is 16.5 Å². The number of hydrogen-bond donors (Lipinski definition) is 3. The van der Waals surface area contributed by atoms with Crippen LogP contribution >= 0.6 is 11.6 Å². The maximum Gasteiger partial charge on any atom is 0.416 e. The molecule has 0 bridgehead atoms. The molecule has 0 saturated heterocycles. The first-order valence-electron chi connectivity index (χ1n) is 7.31. The lowest BCUT2D eigenvalue weighted by Gasteiger charge is -2.14. The van der Waals surface area contributed by atoms with Crippen LogP contribution in [0.15, 0.2) is 42.5 Å². The van der Waals surface area contributed by atoms with Gasteiger partial charge in [-0.15, -0.1) is 11.6 Å². The molecule has 0 aromatic heterocycles. The highest BCUT2D eigenvalue weighted by Crippen LogP contribution is 2.32. The maximum atomic E-state index is 12.7. The molecule has 0 unspecified atom stereocenters. The molecule has 0 spiro atoms. The second-order valence-corrected chi connectivity index (χ2v) is 5.30. The predicted octanol–water partition coefficient (Wildman–Crippen LogP) is 4.96. The van der Waals surface area contributed by atoms with Crippen molar-refractivity contribution in [2.24, 2.45) is 0 Å². The van der Waals surface area contributed by atoms with Gasteiger partial charge in [0, 0.05) is 11.6 Å². The van der Waals surface area contributed by atoms with Crippen LogP contribution in [0.3, 0.4) is 0 Å². The summed E-state index contributed by atoms with van der Waals surface area (Å²) in [7, 11) is 0. The van der Waals surface area contributed by atoms with E-state index in [1.165, 1.54) is 30.3 Å². The number of benzene rings is 2. The number of nitrogens with one attached hydrogen (secondary N) is 2. The highest BCUT2D eigenvalue weighted by atomic mass is 35.5. The molecule has 3 N–H and O–H groups in total. The largest absolute Gasteiger partial charge is 0.478 e. The first-order chi connectivity index (χ1) is 12.2. The zero-order valence-corrected chi connectivity index (χ0v) is 14.4. The lowest BCUT2D eigenvalue weighted by atomic mass is 10.1. The van der Waals surface area contributed by atoms with E-state index in [2.05, 4.69) is 10.6 Å². The Hall–Kier alpha value is -2.74.